The van der Waals surface area contributed by atoms with Gasteiger partial charge in [0.15, 0.2) is 5.60 Å². The normalized spacial score (nSPS) is 15.9. The third-order valence-corrected chi connectivity index (χ3v) is 9.88. The van der Waals surface area contributed by atoms with Crippen LogP contribution in [0.15, 0.2) is 91.4 Å². The maximum atomic E-state index is 16.1. The maximum absolute atomic E-state index is 16.1. The van der Waals surface area contributed by atoms with Crippen molar-refractivity contribution in [3.63, 3.8) is 0 Å². The van der Waals surface area contributed by atoms with E-state index in [9.17, 15) is 23.8 Å². The molecule has 3 heterocycles. The van der Waals surface area contributed by atoms with Crippen molar-refractivity contribution in [3.05, 3.63) is 120 Å². The van der Waals surface area contributed by atoms with Crippen molar-refractivity contribution >= 4 is 17.3 Å². The molecule has 2 aromatic heterocycles. The molecule has 3 aromatic carbocycles. The highest BCUT2D eigenvalue weighted by molar-refractivity contribution is 5.94. The number of halogens is 4. The number of aliphatic hydroxyl groups excluding tert-OH is 1. The zero-order valence-corrected chi connectivity index (χ0v) is 29.4. The van der Waals surface area contributed by atoms with Crippen LogP contribution in [0.4, 0.5) is 28.9 Å². The van der Waals surface area contributed by atoms with Gasteiger partial charge in [0.2, 0.25) is 0 Å². The fraction of sp³-hybridized carbons (Fsp3) is 0.342. The second-order valence-corrected chi connectivity index (χ2v) is 13.2. The van der Waals surface area contributed by atoms with Gasteiger partial charge in [0, 0.05) is 73.6 Å². The number of carbonyl (C=O) groups is 1. The summed E-state index contributed by atoms with van der Waals surface area (Å²) in [4.78, 5) is 23.0. The SMILES string of the molecule is CC[C@@H]([C@H](C)O)N(C)C(=O)c1ccc(N2CCN(c3ccc(-c4ccc(C(F)(F)C(O)(Cn5cnnn5)c5ccc(F)cc5F)nc4)cc3)CC2)cc1. The third kappa shape index (κ3) is 7.57. The van der Waals surface area contributed by atoms with Crippen LogP contribution in [0.5, 0.6) is 0 Å². The molecular weight excluding hydrogens is 692 g/mol. The van der Waals surface area contributed by atoms with Gasteiger partial charge in [0.1, 0.15) is 23.7 Å². The molecule has 53 heavy (non-hydrogen) atoms. The number of aromatic nitrogens is 5. The molecule has 11 nitrogen and oxygen atoms in total. The van der Waals surface area contributed by atoms with E-state index < -0.39 is 47.1 Å². The number of rotatable bonds is 12. The van der Waals surface area contributed by atoms with Crippen molar-refractivity contribution in [2.24, 2.45) is 0 Å². The Bertz CT molecular complexity index is 1990. The van der Waals surface area contributed by atoms with Crippen molar-refractivity contribution in [2.45, 2.75) is 50.5 Å². The standard InChI is InChI=1S/C38H40F4N8O3/c1-4-34(25(2)51)47(3)36(52)27-7-13-31(14-8-27)49-19-17-48(18-20-49)30-11-5-26(6-12-30)28-9-16-35(43-22-28)38(41,42)37(53,23-50-24-44-45-46-50)32-15-10-29(39)21-33(32)40/h5-16,21-22,24-25,34,51,53H,4,17-20,23H2,1-3H3/t25-,34-,37?/m0/s1. The maximum Gasteiger partial charge on any atom is 0.323 e. The molecule has 1 fully saturated rings. The average molecular weight is 733 g/mol. The lowest BCUT2D eigenvalue weighted by molar-refractivity contribution is -0.207. The summed E-state index contributed by atoms with van der Waals surface area (Å²) in [6, 6.07) is 19.4. The molecule has 0 radical (unpaired) electrons. The Morgan fingerprint density at radius 3 is 2.02 bits per heavy atom. The number of aliphatic hydroxyl groups is 2. The van der Waals surface area contributed by atoms with Crippen LogP contribution in [-0.4, -0.2) is 91.6 Å². The van der Waals surface area contributed by atoms with Crippen LogP contribution in [0.1, 0.15) is 41.9 Å². The number of tetrazole rings is 1. The zero-order chi connectivity index (χ0) is 37.9. The molecule has 1 aliphatic rings. The first-order chi connectivity index (χ1) is 25.3. The van der Waals surface area contributed by atoms with Gasteiger partial charge in [-0.25, -0.2) is 13.5 Å². The van der Waals surface area contributed by atoms with E-state index in [1.807, 2.05) is 55.5 Å². The van der Waals surface area contributed by atoms with Crippen molar-refractivity contribution in [2.75, 3.05) is 43.0 Å². The van der Waals surface area contributed by atoms with Crippen molar-refractivity contribution in [3.8, 4) is 11.1 Å². The van der Waals surface area contributed by atoms with E-state index in [2.05, 4.69) is 30.3 Å². The minimum absolute atomic E-state index is 0.134. The molecule has 0 spiro atoms. The quantitative estimate of drug-likeness (QED) is 0.166. The number of anilines is 2. The van der Waals surface area contributed by atoms with Gasteiger partial charge >= 0.3 is 5.92 Å². The molecule has 0 aliphatic carbocycles. The van der Waals surface area contributed by atoms with Crippen molar-refractivity contribution < 1.29 is 32.6 Å². The summed E-state index contributed by atoms with van der Waals surface area (Å²) in [5.41, 5.74) is -1.05. The third-order valence-electron chi connectivity index (χ3n) is 9.88. The van der Waals surface area contributed by atoms with E-state index >= 15 is 8.78 Å². The van der Waals surface area contributed by atoms with Gasteiger partial charge in [-0.05, 0) is 83.9 Å². The predicted molar refractivity (Wildman–Crippen MR) is 190 cm³/mol. The first-order valence-corrected chi connectivity index (χ1v) is 17.2. The highest BCUT2D eigenvalue weighted by Gasteiger charge is 2.58. The van der Waals surface area contributed by atoms with E-state index in [4.69, 9.17) is 0 Å². The Morgan fingerprint density at radius 1 is 0.906 bits per heavy atom. The number of carbonyl (C=O) groups excluding carboxylic acids is 1. The summed E-state index contributed by atoms with van der Waals surface area (Å²) in [6.07, 6.45) is 2.27. The lowest BCUT2D eigenvalue weighted by Crippen LogP contribution is -2.48. The lowest BCUT2D eigenvalue weighted by atomic mass is 9.84. The summed E-state index contributed by atoms with van der Waals surface area (Å²) >= 11 is 0. The van der Waals surface area contributed by atoms with Gasteiger partial charge in [0.25, 0.3) is 5.91 Å². The second-order valence-electron chi connectivity index (χ2n) is 13.2. The topological polar surface area (TPSA) is 124 Å². The Kier molecular flexibility index (Phi) is 10.8. The van der Waals surface area contributed by atoms with Crippen molar-refractivity contribution in [1.29, 1.82) is 0 Å². The number of benzene rings is 3. The van der Waals surface area contributed by atoms with Crippen LogP contribution < -0.4 is 9.80 Å². The molecule has 0 saturated carbocycles. The van der Waals surface area contributed by atoms with E-state index in [1.54, 1.807) is 18.9 Å². The lowest BCUT2D eigenvalue weighted by Gasteiger charge is -2.37. The number of alkyl halides is 2. The number of likely N-dealkylation sites (N-methyl/N-ethyl adjacent to an activating group) is 1. The van der Waals surface area contributed by atoms with Crippen LogP contribution in [0.2, 0.25) is 0 Å². The van der Waals surface area contributed by atoms with Gasteiger partial charge in [-0.1, -0.05) is 25.1 Å². The number of piperazine rings is 1. The fourth-order valence-corrected chi connectivity index (χ4v) is 6.82. The van der Waals surface area contributed by atoms with Crippen LogP contribution in [-0.2, 0) is 18.1 Å². The number of hydrogen-bond acceptors (Lipinski definition) is 9. The molecule has 15 heteroatoms. The molecule has 1 unspecified atom stereocenters. The number of nitrogens with zero attached hydrogens (tertiary/aromatic N) is 8. The monoisotopic (exact) mass is 732 g/mol. The van der Waals surface area contributed by atoms with E-state index in [1.165, 1.54) is 12.3 Å². The molecule has 1 saturated heterocycles. The number of amides is 1. The van der Waals surface area contributed by atoms with Gasteiger partial charge in [-0.2, -0.15) is 8.78 Å². The Hall–Kier alpha value is -5.41. The summed E-state index contributed by atoms with van der Waals surface area (Å²) in [6.45, 7) is 5.71. The Labute approximate surface area is 304 Å². The van der Waals surface area contributed by atoms with E-state index in [0.29, 0.717) is 23.6 Å². The van der Waals surface area contributed by atoms with Gasteiger partial charge in [-0.15, -0.1) is 5.10 Å². The van der Waals surface area contributed by atoms with Gasteiger partial charge < -0.3 is 24.9 Å². The Morgan fingerprint density at radius 2 is 1.51 bits per heavy atom. The smallest absolute Gasteiger partial charge is 0.323 e. The predicted octanol–water partition coefficient (Wildman–Crippen LogP) is 5.25. The minimum atomic E-state index is -4.16. The highest BCUT2D eigenvalue weighted by atomic mass is 19.3. The average Bonchev–Trinajstić information content (AvgIpc) is 3.67. The molecule has 6 rings (SSSR count). The number of hydrogen-bond donors (Lipinski definition) is 2. The molecule has 5 aromatic rings. The molecule has 3 atom stereocenters. The highest BCUT2D eigenvalue weighted by Crippen LogP contribution is 2.47. The van der Waals surface area contributed by atoms with E-state index in [-0.39, 0.29) is 11.9 Å². The van der Waals surface area contributed by atoms with Gasteiger partial charge in [-0.3, -0.25) is 9.78 Å². The summed E-state index contributed by atoms with van der Waals surface area (Å²) in [5, 5.41) is 31.8. The molecular formula is C38H40F4N8O3. The molecule has 1 amide bonds. The molecule has 0 bridgehead atoms. The van der Waals surface area contributed by atoms with Crippen LogP contribution >= 0.6 is 0 Å². The second kappa shape index (κ2) is 15.3. The molecule has 1 aliphatic heterocycles. The zero-order valence-electron chi connectivity index (χ0n) is 29.4. The summed E-state index contributed by atoms with van der Waals surface area (Å²) in [5.74, 6) is -6.64. The first kappa shape index (κ1) is 37.4. The summed E-state index contributed by atoms with van der Waals surface area (Å²) in [7, 11) is 1.71. The number of pyridine rings is 1. The first-order valence-electron chi connectivity index (χ1n) is 17.2. The largest absolute Gasteiger partial charge is 0.391 e. The Balaban J connectivity index is 1.11. The van der Waals surface area contributed by atoms with E-state index in [0.717, 1.165) is 72.3 Å². The van der Waals surface area contributed by atoms with Crippen LogP contribution in [0.25, 0.3) is 11.1 Å². The summed E-state index contributed by atoms with van der Waals surface area (Å²) < 4.78 is 61.6. The molecule has 2 N–H and O–H groups in total. The van der Waals surface area contributed by atoms with Crippen LogP contribution in [0, 0.1) is 11.6 Å². The fourth-order valence-electron chi connectivity index (χ4n) is 6.82. The van der Waals surface area contributed by atoms with Crippen LogP contribution in [0.3, 0.4) is 0 Å². The van der Waals surface area contributed by atoms with Gasteiger partial charge in [0.05, 0.1) is 18.7 Å². The molecule has 278 valence electrons. The minimum Gasteiger partial charge on any atom is -0.391 e. The van der Waals surface area contributed by atoms with Crippen molar-refractivity contribution in [1.82, 2.24) is 30.1 Å².